The van der Waals surface area contributed by atoms with Crippen molar-refractivity contribution in [1.29, 1.82) is 0 Å². The molecule has 1 fully saturated rings. The highest BCUT2D eigenvalue weighted by Crippen LogP contribution is 2.30. The van der Waals surface area contributed by atoms with Gasteiger partial charge in [-0.2, -0.15) is 18.3 Å². The maximum absolute atomic E-state index is 12.8. The molecule has 0 atom stereocenters. The second-order valence-corrected chi connectivity index (χ2v) is 7.97. The second-order valence-electron chi connectivity index (χ2n) is 7.97. The molecule has 4 rings (SSSR count). The van der Waals surface area contributed by atoms with E-state index >= 15 is 0 Å². The van der Waals surface area contributed by atoms with Crippen LogP contribution in [0.2, 0.25) is 0 Å². The van der Waals surface area contributed by atoms with Crippen molar-refractivity contribution in [1.82, 2.24) is 14.8 Å². The average molecular weight is 444 g/mol. The summed E-state index contributed by atoms with van der Waals surface area (Å²) in [7, 11) is 0. The molecule has 2 aromatic heterocycles. The van der Waals surface area contributed by atoms with Crippen molar-refractivity contribution in [2.75, 3.05) is 4.90 Å². The largest absolute Gasteiger partial charge is 0.478 e. The van der Waals surface area contributed by atoms with Gasteiger partial charge in [0.2, 0.25) is 0 Å². The molecule has 0 radical (unpaired) electrons. The lowest BCUT2D eigenvalue weighted by Crippen LogP contribution is -2.37. The van der Waals surface area contributed by atoms with Crippen molar-refractivity contribution in [3.05, 3.63) is 71.7 Å². The quantitative estimate of drug-likeness (QED) is 0.557. The highest BCUT2D eigenvalue weighted by molar-refractivity contribution is 5.87. The number of nitrogens with zero attached hydrogens (tertiary/aromatic N) is 4. The van der Waals surface area contributed by atoms with Gasteiger partial charge in [-0.25, -0.2) is 14.5 Å². The van der Waals surface area contributed by atoms with Gasteiger partial charge in [-0.05, 0) is 42.7 Å². The molecule has 1 aliphatic carbocycles. The molecule has 1 aromatic carbocycles. The van der Waals surface area contributed by atoms with Gasteiger partial charge in [0.1, 0.15) is 5.82 Å². The summed E-state index contributed by atoms with van der Waals surface area (Å²) in [6.45, 7) is 0.567. The molecule has 168 valence electrons. The number of carboxylic acids is 1. The molecule has 0 saturated heterocycles. The van der Waals surface area contributed by atoms with Gasteiger partial charge in [0, 0.05) is 25.0 Å². The fourth-order valence-electron chi connectivity index (χ4n) is 4.03. The Kier molecular flexibility index (Phi) is 6.16. The number of hydrogen-bond donors (Lipinski definition) is 1. The van der Waals surface area contributed by atoms with Crippen LogP contribution >= 0.6 is 0 Å². The molecule has 1 aliphatic rings. The number of hydrogen-bond acceptors (Lipinski definition) is 4. The Morgan fingerprint density at radius 1 is 1.06 bits per heavy atom. The number of benzene rings is 1. The highest BCUT2D eigenvalue weighted by atomic mass is 19.4. The number of pyridine rings is 1. The summed E-state index contributed by atoms with van der Waals surface area (Å²) in [5, 5.41) is 13.0. The zero-order chi connectivity index (χ0) is 22.7. The van der Waals surface area contributed by atoms with E-state index in [0.29, 0.717) is 24.1 Å². The average Bonchev–Trinajstić information content (AvgIpc) is 3.30. The standard InChI is InChI=1S/C23H23F3N4O2/c24-23(25,26)18-13-28-30(15-18)20-9-6-16(7-10-20)14-29(19-4-2-1-3-5-19)21-11-8-17(12-27-21)22(31)32/h6-13,15,19H,1-5,14H2,(H,31,32). The van der Waals surface area contributed by atoms with Gasteiger partial charge in [0.05, 0.1) is 23.0 Å². The molecule has 2 heterocycles. The van der Waals surface area contributed by atoms with Crippen LogP contribution in [0.25, 0.3) is 5.69 Å². The molecule has 0 unspecified atom stereocenters. The van der Waals surface area contributed by atoms with Gasteiger partial charge < -0.3 is 10.0 Å². The summed E-state index contributed by atoms with van der Waals surface area (Å²) in [5.41, 5.74) is 0.865. The molecule has 1 saturated carbocycles. The van der Waals surface area contributed by atoms with Gasteiger partial charge in [0.15, 0.2) is 0 Å². The van der Waals surface area contributed by atoms with Gasteiger partial charge in [-0.1, -0.05) is 31.4 Å². The first kappa shape index (κ1) is 21.9. The van der Waals surface area contributed by atoms with Crippen LogP contribution in [0.4, 0.5) is 19.0 Å². The Morgan fingerprint density at radius 2 is 1.78 bits per heavy atom. The smallest absolute Gasteiger partial charge is 0.419 e. The van der Waals surface area contributed by atoms with Gasteiger partial charge in [0.25, 0.3) is 0 Å². The molecule has 0 spiro atoms. The van der Waals surface area contributed by atoms with Crippen molar-refractivity contribution >= 4 is 11.8 Å². The van der Waals surface area contributed by atoms with E-state index in [9.17, 15) is 18.0 Å². The number of rotatable bonds is 6. The fourth-order valence-corrected chi connectivity index (χ4v) is 4.03. The van der Waals surface area contributed by atoms with Gasteiger partial charge >= 0.3 is 12.1 Å². The summed E-state index contributed by atoms with van der Waals surface area (Å²) < 4.78 is 39.7. The van der Waals surface area contributed by atoms with Crippen molar-refractivity contribution in [3.8, 4) is 5.69 Å². The summed E-state index contributed by atoms with van der Waals surface area (Å²) >= 11 is 0. The number of halogens is 3. The maximum atomic E-state index is 12.8. The number of aromatic carboxylic acids is 1. The molecule has 0 aliphatic heterocycles. The fraction of sp³-hybridized carbons (Fsp3) is 0.348. The topological polar surface area (TPSA) is 71.2 Å². The van der Waals surface area contributed by atoms with Gasteiger partial charge in [-0.3, -0.25) is 0 Å². The number of anilines is 1. The Labute approximate surface area is 183 Å². The minimum atomic E-state index is -4.43. The first-order valence-corrected chi connectivity index (χ1v) is 10.5. The number of alkyl halides is 3. The van der Waals surface area contributed by atoms with Crippen LogP contribution in [-0.4, -0.2) is 31.9 Å². The normalized spacial score (nSPS) is 15.0. The predicted molar refractivity (Wildman–Crippen MR) is 113 cm³/mol. The van der Waals surface area contributed by atoms with E-state index in [1.807, 2.05) is 12.1 Å². The zero-order valence-electron chi connectivity index (χ0n) is 17.3. The Hall–Kier alpha value is -3.36. The molecule has 0 amide bonds. The van der Waals surface area contributed by atoms with Crippen LogP contribution < -0.4 is 4.90 Å². The van der Waals surface area contributed by atoms with Crippen molar-refractivity contribution in [3.63, 3.8) is 0 Å². The molecular weight excluding hydrogens is 421 g/mol. The molecule has 1 N–H and O–H groups in total. The third kappa shape index (κ3) is 4.92. The second kappa shape index (κ2) is 9.02. The third-order valence-electron chi connectivity index (χ3n) is 5.77. The summed E-state index contributed by atoms with van der Waals surface area (Å²) in [6.07, 6.45) is 4.26. The first-order valence-electron chi connectivity index (χ1n) is 10.5. The minimum absolute atomic E-state index is 0.138. The van der Waals surface area contributed by atoms with Crippen LogP contribution in [-0.2, 0) is 12.7 Å². The van der Waals surface area contributed by atoms with Crippen molar-refractivity contribution in [2.45, 2.75) is 50.9 Å². The van der Waals surface area contributed by atoms with Crippen LogP contribution in [0.15, 0.2) is 55.0 Å². The lowest BCUT2D eigenvalue weighted by atomic mass is 9.93. The minimum Gasteiger partial charge on any atom is -0.478 e. The Bertz CT molecular complexity index is 1060. The van der Waals surface area contributed by atoms with Crippen LogP contribution in [0.1, 0.15) is 53.6 Å². The van der Waals surface area contributed by atoms with Crippen molar-refractivity contribution in [2.24, 2.45) is 0 Å². The monoisotopic (exact) mass is 444 g/mol. The number of carboxylic acid groups (broad SMARTS) is 1. The van der Waals surface area contributed by atoms with Crippen LogP contribution in [0.5, 0.6) is 0 Å². The van der Waals surface area contributed by atoms with E-state index in [-0.39, 0.29) is 5.56 Å². The van der Waals surface area contributed by atoms with Crippen LogP contribution in [0, 0.1) is 0 Å². The predicted octanol–water partition coefficient (Wildman–Crippen LogP) is 5.32. The summed E-state index contributed by atoms with van der Waals surface area (Å²) in [4.78, 5) is 17.7. The Morgan fingerprint density at radius 3 is 2.34 bits per heavy atom. The van der Waals surface area contributed by atoms with E-state index in [0.717, 1.165) is 43.6 Å². The molecule has 3 aromatic rings. The van der Waals surface area contributed by atoms with Gasteiger partial charge in [-0.15, -0.1) is 0 Å². The summed E-state index contributed by atoms with van der Waals surface area (Å²) in [6, 6.07) is 10.8. The molecule has 9 heteroatoms. The Balaban J connectivity index is 1.55. The van der Waals surface area contributed by atoms with Crippen LogP contribution in [0.3, 0.4) is 0 Å². The molecule has 32 heavy (non-hydrogen) atoms. The van der Waals surface area contributed by atoms with E-state index in [1.165, 1.54) is 17.3 Å². The van der Waals surface area contributed by atoms with E-state index in [2.05, 4.69) is 15.0 Å². The van der Waals surface area contributed by atoms with E-state index in [4.69, 9.17) is 5.11 Å². The van der Waals surface area contributed by atoms with E-state index in [1.54, 1.807) is 24.3 Å². The zero-order valence-corrected chi connectivity index (χ0v) is 17.3. The number of aromatic nitrogens is 3. The highest BCUT2D eigenvalue weighted by Gasteiger charge is 2.32. The lowest BCUT2D eigenvalue weighted by Gasteiger charge is -2.35. The molecular formula is C23H23F3N4O2. The molecule has 0 bridgehead atoms. The molecule has 6 nitrogen and oxygen atoms in total. The van der Waals surface area contributed by atoms with E-state index < -0.39 is 17.7 Å². The summed E-state index contributed by atoms with van der Waals surface area (Å²) in [5.74, 6) is -0.302. The SMILES string of the molecule is O=C(O)c1ccc(N(Cc2ccc(-n3cc(C(F)(F)F)cn3)cc2)C2CCCCC2)nc1. The lowest BCUT2D eigenvalue weighted by molar-refractivity contribution is -0.137. The van der Waals surface area contributed by atoms with Crippen molar-refractivity contribution < 1.29 is 23.1 Å². The first-order chi connectivity index (χ1) is 15.3. The third-order valence-corrected chi connectivity index (χ3v) is 5.77. The maximum Gasteiger partial charge on any atom is 0.419 e. The number of carbonyl (C=O) groups is 1.